The quantitative estimate of drug-likeness (QED) is 0.550. The van der Waals surface area contributed by atoms with Crippen LogP contribution in [0, 0.1) is 10.1 Å². The Labute approximate surface area is 85.6 Å². The molecule has 0 aliphatic rings. The summed E-state index contributed by atoms with van der Waals surface area (Å²) in [5.41, 5.74) is 1.57. The first kappa shape index (κ1) is 9.26. The fourth-order valence-corrected chi connectivity index (χ4v) is 1.23. The van der Waals surface area contributed by atoms with E-state index in [9.17, 15) is 10.1 Å². The number of pyridine rings is 2. The lowest BCUT2D eigenvalue weighted by Gasteiger charge is -1.99. The molecule has 5 heteroatoms. The number of nitrogens with zero attached hydrogens (tertiary/aromatic N) is 3. The van der Waals surface area contributed by atoms with E-state index in [0.717, 1.165) is 5.56 Å². The number of aromatic nitrogens is 2. The summed E-state index contributed by atoms with van der Waals surface area (Å²) < 4.78 is 0. The third-order valence-electron chi connectivity index (χ3n) is 1.95. The molecule has 5 nitrogen and oxygen atoms in total. The van der Waals surface area contributed by atoms with Crippen molar-refractivity contribution < 1.29 is 4.92 Å². The SMILES string of the molecule is O=[N+]([O-])c1cncc(-c2ccncc2)c1. The highest BCUT2D eigenvalue weighted by atomic mass is 16.6. The van der Waals surface area contributed by atoms with Gasteiger partial charge in [0.15, 0.2) is 0 Å². The third kappa shape index (κ3) is 1.96. The normalized spacial score (nSPS) is 9.87. The third-order valence-corrected chi connectivity index (χ3v) is 1.95. The van der Waals surface area contributed by atoms with Gasteiger partial charge >= 0.3 is 0 Å². The van der Waals surface area contributed by atoms with Crippen LogP contribution in [0.25, 0.3) is 11.1 Å². The molecule has 15 heavy (non-hydrogen) atoms. The molecule has 0 aliphatic carbocycles. The predicted molar refractivity (Wildman–Crippen MR) is 54.1 cm³/mol. The molecule has 0 amide bonds. The summed E-state index contributed by atoms with van der Waals surface area (Å²) in [5, 5.41) is 10.5. The molecule has 0 saturated heterocycles. The van der Waals surface area contributed by atoms with Crippen molar-refractivity contribution in [1.82, 2.24) is 9.97 Å². The second kappa shape index (κ2) is 3.83. The Bertz CT molecular complexity index is 485. The first-order valence-electron chi connectivity index (χ1n) is 4.27. The minimum atomic E-state index is -0.461. The van der Waals surface area contributed by atoms with Crippen molar-refractivity contribution in [2.24, 2.45) is 0 Å². The van der Waals surface area contributed by atoms with Gasteiger partial charge in [-0.1, -0.05) is 0 Å². The van der Waals surface area contributed by atoms with Gasteiger partial charge in [0.05, 0.1) is 4.92 Å². The van der Waals surface area contributed by atoms with E-state index in [1.807, 2.05) is 0 Å². The molecule has 0 saturated carbocycles. The van der Waals surface area contributed by atoms with Crippen molar-refractivity contribution in [3.05, 3.63) is 53.1 Å². The van der Waals surface area contributed by atoms with Crippen LogP contribution in [0.4, 0.5) is 5.69 Å². The van der Waals surface area contributed by atoms with E-state index in [1.165, 1.54) is 12.3 Å². The molecule has 0 spiro atoms. The first-order chi connectivity index (χ1) is 7.27. The van der Waals surface area contributed by atoms with Crippen molar-refractivity contribution in [3.63, 3.8) is 0 Å². The predicted octanol–water partition coefficient (Wildman–Crippen LogP) is 2.05. The van der Waals surface area contributed by atoms with Gasteiger partial charge in [-0.3, -0.25) is 20.1 Å². The second-order valence-corrected chi connectivity index (χ2v) is 2.92. The lowest BCUT2D eigenvalue weighted by molar-refractivity contribution is -0.385. The minimum absolute atomic E-state index is 0.00990. The average molecular weight is 201 g/mol. The summed E-state index contributed by atoms with van der Waals surface area (Å²) in [6.45, 7) is 0. The van der Waals surface area contributed by atoms with E-state index < -0.39 is 4.92 Å². The Morgan fingerprint density at radius 1 is 1.07 bits per heavy atom. The topological polar surface area (TPSA) is 68.9 Å². The molecule has 2 heterocycles. The lowest BCUT2D eigenvalue weighted by Crippen LogP contribution is -1.89. The van der Waals surface area contributed by atoms with Crippen molar-refractivity contribution in [3.8, 4) is 11.1 Å². The smallest absolute Gasteiger partial charge is 0.265 e. The Morgan fingerprint density at radius 2 is 1.80 bits per heavy atom. The fourth-order valence-electron chi connectivity index (χ4n) is 1.23. The molecular weight excluding hydrogens is 194 g/mol. The van der Waals surface area contributed by atoms with Crippen LogP contribution >= 0.6 is 0 Å². The molecule has 0 unspecified atom stereocenters. The zero-order valence-corrected chi connectivity index (χ0v) is 7.70. The molecular formula is C10H7N3O2. The Hall–Kier alpha value is -2.30. The van der Waals surface area contributed by atoms with Gasteiger partial charge in [0.25, 0.3) is 5.69 Å². The monoisotopic (exact) mass is 201 g/mol. The highest BCUT2D eigenvalue weighted by molar-refractivity contribution is 5.63. The van der Waals surface area contributed by atoms with Gasteiger partial charge in [-0.2, -0.15) is 0 Å². The molecule has 0 aromatic carbocycles. The van der Waals surface area contributed by atoms with Crippen LogP contribution < -0.4 is 0 Å². The molecule has 0 atom stereocenters. The van der Waals surface area contributed by atoms with Crippen LogP contribution in [0.3, 0.4) is 0 Å². The summed E-state index contributed by atoms with van der Waals surface area (Å²) in [6.07, 6.45) is 6.08. The van der Waals surface area contributed by atoms with Crippen LogP contribution in [0.5, 0.6) is 0 Å². The van der Waals surface area contributed by atoms with Gasteiger partial charge in [0.1, 0.15) is 6.20 Å². The van der Waals surface area contributed by atoms with E-state index in [1.54, 1.807) is 30.7 Å². The molecule has 0 radical (unpaired) electrons. The van der Waals surface area contributed by atoms with Crippen LogP contribution in [0.15, 0.2) is 43.0 Å². The van der Waals surface area contributed by atoms with Gasteiger partial charge in [0, 0.05) is 30.2 Å². The van der Waals surface area contributed by atoms with Crippen molar-refractivity contribution in [1.29, 1.82) is 0 Å². The summed E-state index contributed by atoms with van der Waals surface area (Å²) in [6, 6.07) is 5.05. The Kier molecular flexibility index (Phi) is 2.37. The van der Waals surface area contributed by atoms with Gasteiger partial charge in [-0.05, 0) is 17.7 Å². The van der Waals surface area contributed by atoms with Crippen molar-refractivity contribution in [2.75, 3.05) is 0 Å². The summed E-state index contributed by atoms with van der Waals surface area (Å²) >= 11 is 0. The Balaban J connectivity index is 2.46. The van der Waals surface area contributed by atoms with E-state index in [0.29, 0.717) is 5.56 Å². The maximum atomic E-state index is 10.5. The van der Waals surface area contributed by atoms with Crippen molar-refractivity contribution in [2.45, 2.75) is 0 Å². The largest absolute Gasteiger partial charge is 0.288 e. The highest BCUT2D eigenvalue weighted by Crippen LogP contribution is 2.21. The zero-order valence-electron chi connectivity index (χ0n) is 7.70. The van der Waals surface area contributed by atoms with E-state index in [4.69, 9.17) is 0 Å². The fraction of sp³-hybridized carbons (Fsp3) is 0. The number of nitro groups is 1. The summed E-state index contributed by atoms with van der Waals surface area (Å²) in [5.74, 6) is 0. The molecule has 74 valence electrons. The molecule has 2 rings (SSSR count). The van der Waals surface area contributed by atoms with Crippen LogP contribution in [0.2, 0.25) is 0 Å². The average Bonchev–Trinajstić information content (AvgIpc) is 2.30. The van der Waals surface area contributed by atoms with Gasteiger partial charge < -0.3 is 0 Å². The lowest BCUT2D eigenvalue weighted by atomic mass is 10.1. The number of hydrogen-bond acceptors (Lipinski definition) is 4. The van der Waals surface area contributed by atoms with Crippen LogP contribution in [-0.4, -0.2) is 14.9 Å². The first-order valence-corrected chi connectivity index (χ1v) is 4.27. The number of hydrogen-bond donors (Lipinski definition) is 0. The van der Waals surface area contributed by atoms with Crippen LogP contribution in [-0.2, 0) is 0 Å². The van der Waals surface area contributed by atoms with Crippen LogP contribution in [0.1, 0.15) is 0 Å². The van der Waals surface area contributed by atoms with E-state index in [-0.39, 0.29) is 5.69 Å². The summed E-state index contributed by atoms with van der Waals surface area (Å²) in [7, 11) is 0. The van der Waals surface area contributed by atoms with E-state index >= 15 is 0 Å². The maximum absolute atomic E-state index is 10.5. The molecule has 0 fully saturated rings. The van der Waals surface area contributed by atoms with Gasteiger partial charge in [-0.25, -0.2) is 0 Å². The van der Waals surface area contributed by atoms with Gasteiger partial charge in [-0.15, -0.1) is 0 Å². The van der Waals surface area contributed by atoms with Crippen molar-refractivity contribution >= 4 is 5.69 Å². The standard InChI is InChI=1S/C10H7N3O2/c14-13(15)10-5-9(6-12-7-10)8-1-3-11-4-2-8/h1-7H. The van der Waals surface area contributed by atoms with Gasteiger partial charge in [0.2, 0.25) is 0 Å². The molecule has 0 bridgehead atoms. The zero-order chi connectivity index (χ0) is 10.7. The minimum Gasteiger partial charge on any atom is -0.265 e. The Morgan fingerprint density at radius 3 is 2.47 bits per heavy atom. The maximum Gasteiger partial charge on any atom is 0.288 e. The molecule has 2 aromatic rings. The molecule has 0 N–H and O–H groups in total. The summed E-state index contributed by atoms with van der Waals surface area (Å²) in [4.78, 5) is 17.8. The molecule has 0 aliphatic heterocycles. The highest BCUT2D eigenvalue weighted by Gasteiger charge is 2.07. The second-order valence-electron chi connectivity index (χ2n) is 2.92. The molecule has 2 aromatic heterocycles. The number of rotatable bonds is 2. The van der Waals surface area contributed by atoms with E-state index in [2.05, 4.69) is 9.97 Å².